The van der Waals surface area contributed by atoms with Crippen molar-refractivity contribution in [1.29, 1.82) is 5.41 Å². The van der Waals surface area contributed by atoms with Crippen LogP contribution >= 0.6 is 23.2 Å². The van der Waals surface area contributed by atoms with Crippen LogP contribution in [0.2, 0.25) is 10.0 Å². The van der Waals surface area contributed by atoms with E-state index >= 15 is 0 Å². The standard InChI is InChI=1S/C11H15Cl2N5/c1-2-18(11(16)17-10(14)15)6-7-3-4-8(12)5-9(7)13/h3-5H,2,6H2,1H3,(H5,14,15,16,17). The molecule has 0 bridgehead atoms. The maximum atomic E-state index is 7.75. The van der Waals surface area contributed by atoms with Crippen molar-refractivity contribution in [3.8, 4) is 0 Å². The van der Waals surface area contributed by atoms with E-state index in [4.69, 9.17) is 40.1 Å². The fourth-order valence-corrected chi connectivity index (χ4v) is 1.85. The summed E-state index contributed by atoms with van der Waals surface area (Å²) in [5, 5.41) is 8.88. The van der Waals surface area contributed by atoms with Crippen molar-refractivity contribution in [3.63, 3.8) is 0 Å². The van der Waals surface area contributed by atoms with Crippen molar-refractivity contribution < 1.29 is 0 Å². The molecule has 0 heterocycles. The lowest BCUT2D eigenvalue weighted by atomic mass is 10.2. The average molecular weight is 288 g/mol. The molecule has 98 valence electrons. The molecule has 0 atom stereocenters. The molecular weight excluding hydrogens is 273 g/mol. The van der Waals surface area contributed by atoms with Crippen LogP contribution in [0.3, 0.4) is 0 Å². The van der Waals surface area contributed by atoms with E-state index in [0.29, 0.717) is 23.1 Å². The number of hydrogen-bond donors (Lipinski definition) is 3. The van der Waals surface area contributed by atoms with Gasteiger partial charge in [-0.25, -0.2) is 0 Å². The van der Waals surface area contributed by atoms with E-state index in [1.165, 1.54) is 0 Å². The number of nitrogens with one attached hydrogen (secondary N) is 1. The number of guanidine groups is 2. The van der Waals surface area contributed by atoms with Gasteiger partial charge in [0, 0.05) is 23.1 Å². The third-order valence-electron chi connectivity index (χ3n) is 2.29. The van der Waals surface area contributed by atoms with E-state index in [9.17, 15) is 0 Å². The minimum absolute atomic E-state index is 0.00326. The maximum absolute atomic E-state index is 7.75. The monoisotopic (exact) mass is 287 g/mol. The first-order valence-electron chi connectivity index (χ1n) is 5.31. The Kier molecular flexibility index (Phi) is 5.25. The van der Waals surface area contributed by atoms with Gasteiger partial charge < -0.3 is 16.4 Å². The molecule has 0 saturated carbocycles. The highest BCUT2D eigenvalue weighted by atomic mass is 35.5. The van der Waals surface area contributed by atoms with Crippen LogP contribution in [0.25, 0.3) is 0 Å². The van der Waals surface area contributed by atoms with E-state index in [1.807, 2.05) is 13.0 Å². The second kappa shape index (κ2) is 6.47. The van der Waals surface area contributed by atoms with E-state index < -0.39 is 0 Å². The van der Waals surface area contributed by atoms with Crippen LogP contribution in [0, 0.1) is 5.41 Å². The zero-order valence-electron chi connectivity index (χ0n) is 9.95. The van der Waals surface area contributed by atoms with Crippen molar-refractivity contribution in [1.82, 2.24) is 4.90 Å². The van der Waals surface area contributed by atoms with Gasteiger partial charge in [0.05, 0.1) is 0 Å². The van der Waals surface area contributed by atoms with E-state index in [0.717, 1.165) is 5.56 Å². The molecule has 0 spiro atoms. The molecular formula is C11H15Cl2N5. The Morgan fingerprint density at radius 1 is 1.39 bits per heavy atom. The summed E-state index contributed by atoms with van der Waals surface area (Å²) in [6.07, 6.45) is 0. The molecule has 5 N–H and O–H groups in total. The normalized spacial score (nSPS) is 9.94. The molecule has 1 aromatic rings. The van der Waals surface area contributed by atoms with Crippen LogP contribution in [-0.2, 0) is 6.54 Å². The Hall–Kier alpha value is -1.46. The van der Waals surface area contributed by atoms with Crippen molar-refractivity contribution in [2.24, 2.45) is 16.5 Å². The van der Waals surface area contributed by atoms with Gasteiger partial charge in [0.1, 0.15) is 0 Å². The Morgan fingerprint density at radius 2 is 2.06 bits per heavy atom. The SMILES string of the molecule is CCN(Cc1ccc(Cl)cc1Cl)C(=N)N=C(N)N. The number of halogens is 2. The van der Waals surface area contributed by atoms with Gasteiger partial charge in [-0.1, -0.05) is 29.3 Å². The lowest BCUT2D eigenvalue weighted by molar-refractivity contribution is 0.428. The van der Waals surface area contributed by atoms with E-state index in [-0.39, 0.29) is 11.9 Å². The molecule has 0 saturated heterocycles. The number of nitrogens with two attached hydrogens (primary N) is 2. The predicted molar refractivity (Wildman–Crippen MR) is 76.1 cm³/mol. The molecule has 5 nitrogen and oxygen atoms in total. The molecule has 0 unspecified atom stereocenters. The number of hydrogen-bond acceptors (Lipinski definition) is 1. The molecule has 0 radical (unpaired) electrons. The topological polar surface area (TPSA) is 91.5 Å². The lowest BCUT2D eigenvalue weighted by Gasteiger charge is -2.21. The summed E-state index contributed by atoms with van der Waals surface area (Å²) in [6, 6.07) is 5.23. The van der Waals surface area contributed by atoms with Gasteiger partial charge in [-0.3, -0.25) is 5.41 Å². The summed E-state index contributed by atoms with van der Waals surface area (Å²) in [4.78, 5) is 5.39. The van der Waals surface area contributed by atoms with Crippen LogP contribution in [0.5, 0.6) is 0 Å². The second-order valence-corrected chi connectivity index (χ2v) is 4.45. The molecule has 0 aromatic heterocycles. The third kappa shape index (κ3) is 4.09. The van der Waals surface area contributed by atoms with Crippen molar-refractivity contribution in [2.75, 3.05) is 6.54 Å². The van der Waals surface area contributed by atoms with Gasteiger partial charge >= 0.3 is 0 Å². The number of rotatable bonds is 3. The third-order valence-corrected chi connectivity index (χ3v) is 2.88. The second-order valence-electron chi connectivity index (χ2n) is 3.61. The first-order chi connectivity index (χ1) is 8.43. The first kappa shape index (κ1) is 14.6. The molecule has 1 rings (SSSR count). The Morgan fingerprint density at radius 3 is 2.56 bits per heavy atom. The van der Waals surface area contributed by atoms with Gasteiger partial charge in [0.25, 0.3) is 0 Å². The van der Waals surface area contributed by atoms with E-state index in [1.54, 1.807) is 17.0 Å². The molecule has 0 amide bonds. The average Bonchev–Trinajstić information content (AvgIpc) is 2.27. The Labute approximate surface area is 116 Å². The van der Waals surface area contributed by atoms with Crippen molar-refractivity contribution in [2.45, 2.75) is 13.5 Å². The molecule has 0 fully saturated rings. The summed E-state index contributed by atoms with van der Waals surface area (Å²) in [5.74, 6) is -0.135. The van der Waals surface area contributed by atoms with Gasteiger partial charge in [-0.15, -0.1) is 0 Å². The van der Waals surface area contributed by atoms with Crippen LogP contribution in [0.4, 0.5) is 0 Å². The van der Waals surface area contributed by atoms with E-state index in [2.05, 4.69) is 4.99 Å². The quantitative estimate of drug-likeness (QED) is 0.587. The van der Waals surface area contributed by atoms with Gasteiger partial charge in [-0.2, -0.15) is 4.99 Å². The zero-order chi connectivity index (χ0) is 13.7. The smallest absolute Gasteiger partial charge is 0.221 e. The summed E-state index contributed by atoms with van der Waals surface area (Å²) >= 11 is 11.9. The van der Waals surface area contributed by atoms with Gasteiger partial charge in [-0.05, 0) is 24.6 Å². The van der Waals surface area contributed by atoms with Crippen LogP contribution < -0.4 is 11.5 Å². The highest BCUT2D eigenvalue weighted by Crippen LogP contribution is 2.22. The molecule has 7 heteroatoms. The fourth-order valence-electron chi connectivity index (χ4n) is 1.38. The van der Waals surface area contributed by atoms with Crippen LogP contribution in [-0.4, -0.2) is 23.4 Å². The number of benzene rings is 1. The molecule has 0 aliphatic carbocycles. The Bertz CT molecular complexity index is 469. The first-order valence-corrected chi connectivity index (χ1v) is 6.06. The minimum atomic E-state index is -0.138. The molecule has 18 heavy (non-hydrogen) atoms. The van der Waals surface area contributed by atoms with Crippen LogP contribution in [0.15, 0.2) is 23.2 Å². The zero-order valence-corrected chi connectivity index (χ0v) is 11.5. The fraction of sp³-hybridized carbons (Fsp3) is 0.273. The number of aliphatic imine (C=N–C) groups is 1. The maximum Gasteiger partial charge on any atom is 0.221 e. The van der Waals surface area contributed by atoms with Crippen LogP contribution in [0.1, 0.15) is 12.5 Å². The molecule has 0 aliphatic heterocycles. The summed E-state index contributed by atoms with van der Waals surface area (Å²) in [5.41, 5.74) is 11.4. The largest absolute Gasteiger partial charge is 0.370 e. The van der Waals surface area contributed by atoms with Gasteiger partial charge in [0.2, 0.25) is 5.96 Å². The Balaban J connectivity index is 2.86. The predicted octanol–water partition coefficient (Wildman–Crippen LogP) is 2.02. The number of nitrogens with zero attached hydrogens (tertiary/aromatic N) is 2. The highest BCUT2D eigenvalue weighted by molar-refractivity contribution is 6.35. The molecule has 1 aromatic carbocycles. The summed E-state index contributed by atoms with van der Waals surface area (Å²) in [7, 11) is 0. The van der Waals surface area contributed by atoms with Crippen molar-refractivity contribution >= 4 is 35.1 Å². The van der Waals surface area contributed by atoms with Gasteiger partial charge in [0.15, 0.2) is 5.96 Å². The summed E-state index contributed by atoms with van der Waals surface area (Å²) in [6.45, 7) is 2.94. The summed E-state index contributed by atoms with van der Waals surface area (Å²) < 4.78 is 0. The minimum Gasteiger partial charge on any atom is -0.370 e. The molecule has 0 aliphatic rings. The van der Waals surface area contributed by atoms with Crippen molar-refractivity contribution in [3.05, 3.63) is 33.8 Å². The highest BCUT2D eigenvalue weighted by Gasteiger charge is 2.10. The lowest BCUT2D eigenvalue weighted by Crippen LogP contribution is -2.32.